The summed E-state index contributed by atoms with van der Waals surface area (Å²) < 4.78 is 3.14. The number of carboxylic acids is 1. The van der Waals surface area contributed by atoms with Gasteiger partial charge in [-0.05, 0) is 37.5 Å². The molecule has 0 saturated heterocycles. The van der Waals surface area contributed by atoms with Gasteiger partial charge in [0.05, 0.1) is 5.75 Å². The number of halogens is 1. The van der Waals surface area contributed by atoms with Gasteiger partial charge in [0.2, 0.25) is 0 Å². The molecule has 1 aliphatic carbocycles. The first-order chi connectivity index (χ1) is 10.1. The quantitative estimate of drug-likeness (QED) is 0.818. The van der Waals surface area contributed by atoms with E-state index in [1.54, 1.807) is 0 Å². The number of rotatable bonds is 5. The Hall–Kier alpha value is -1.34. The number of hydrogen-bond donors (Lipinski definition) is 1. The van der Waals surface area contributed by atoms with Gasteiger partial charge in [0.25, 0.3) is 0 Å². The van der Waals surface area contributed by atoms with Gasteiger partial charge in [0.15, 0.2) is 11.0 Å². The SMILES string of the molecule is Cc1cc(-c2nnc(SCC(=O)O)n2C2CC2)ccc1Br. The molecule has 0 aliphatic heterocycles. The fourth-order valence-corrected chi connectivity index (χ4v) is 3.12. The van der Waals surface area contributed by atoms with E-state index in [9.17, 15) is 4.79 Å². The van der Waals surface area contributed by atoms with Crippen LogP contribution in [0.5, 0.6) is 0 Å². The smallest absolute Gasteiger partial charge is 0.313 e. The molecule has 1 N–H and O–H groups in total. The summed E-state index contributed by atoms with van der Waals surface area (Å²) in [6, 6.07) is 6.47. The van der Waals surface area contributed by atoms with Crippen LogP contribution in [-0.2, 0) is 4.79 Å². The lowest BCUT2D eigenvalue weighted by atomic mass is 10.1. The zero-order valence-electron chi connectivity index (χ0n) is 11.4. The molecule has 1 saturated carbocycles. The number of hydrogen-bond acceptors (Lipinski definition) is 4. The lowest BCUT2D eigenvalue weighted by molar-refractivity contribution is -0.133. The fourth-order valence-electron chi connectivity index (χ4n) is 2.14. The molecule has 2 aromatic rings. The minimum Gasteiger partial charge on any atom is -0.481 e. The van der Waals surface area contributed by atoms with Crippen LogP contribution in [0.3, 0.4) is 0 Å². The third-order valence-electron chi connectivity index (χ3n) is 3.32. The Labute approximate surface area is 134 Å². The second kappa shape index (κ2) is 5.81. The summed E-state index contributed by atoms with van der Waals surface area (Å²) in [5.74, 6) is -0.0168. The Morgan fingerprint density at radius 3 is 2.86 bits per heavy atom. The topological polar surface area (TPSA) is 68.0 Å². The molecule has 0 amide bonds. The van der Waals surface area contributed by atoms with Crippen molar-refractivity contribution in [3.63, 3.8) is 0 Å². The van der Waals surface area contributed by atoms with Gasteiger partial charge in [0, 0.05) is 16.1 Å². The predicted molar refractivity (Wildman–Crippen MR) is 84.5 cm³/mol. The van der Waals surface area contributed by atoms with E-state index in [0.717, 1.165) is 34.3 Å². The van der Waals surface area contributed by atoms with Gasteiger partial charge in [-0.3, -0.25) is 9.36 Å². The first kappa shape index (κ1) is 14.6. The molecule has 1 aliphatic rings. The molecular formula is C14H14BrN3O2S. The number of aryl methyl sites for hydroxylation is 1. The highest BCUT2D eigenvalue weighted by molar-refractivity contribution is 9.10. The molecule has 0 atom stereocenters. The summed E-state index contributed by atoms with van der Waals surface area (Å²) in [6.07, 6.45) is 2.20. The van der Waals surface area contributed by atoms with E-state index in [1.165, 1.54) is 11.8 Å². The van der Waals surface area contributed by atoms with Gasteiger partial charge in [-0.15, -0.1) is 10.2 Å². The van der Waals surface area contributed by atoms with Crippen molar-refractivity contribution < 1.29 is 9.90 Å². The zero-order valence-corrected chi connectivity index (χ0v) is 13.8. The molecule has 7 heteroatoms. The van der Waals surface area contributed by atoms with E-state index >= 15 is 0 Å². The Bertz CT molecular complexity index is 698. The molecule has 1 fully saturated rings. The molecule has 0 unspecified atom stereocenters. The van der Waals surface area contributed by atoms with E-state index in [1.807, 2.05) is 19.1 Å². The van der Waals surface area contributed by atoms with E-state index in [2.05, 4.69) is 36.8 Å². The van der Waals surface area contributed by atoms with Crippen molar-refractivity contribution in [2.75, 3.05) is 5.75 Å². The molecule has 1 aromatic carbocycles. The van der Waals surface area contributed by atoms with Gasteiger partial charge >= 0.3 is 5.97 Å². The van der Waals surface area contributed by atoms with Crippen LogP contribution in [0.15, 0.2) is 27.8 Å². The zero-order chi connectivity index (χ0) is 15.0. The second-order valence-corrected chi connectivity index (χ2v) is 6.85. The van der Waals surface area contributed by atoms with E-state index in [0.29, 0.717) is 11.2 Å². The number of thioether (sulfide) groups is 1. The number of nitrogens with zero attached hydrogens (tertiary/aromatic N) is 3. The van der Waals surface area contributed by atoms with Gasteiger partial charge in [-0.2, -0.15) is 0 Å². The van der Waals surface area contributed by atoms with Crippen molar-refractivity contribution in [1.29, 1.82) is 0 Å². The van der Waals surface area contributed by atoms with Crippen molar-refractivity contribution >= 4 is 33.7 Å². The monoisotopic (exact) mass is 367 g/mol. The maximum atomic E-state index is 10.7. The van der Waals surface area contributed by atoms with Gasteiger partial charge in [-0.25, -0.2) is 0 Å². The van der Waals surface area contributed by atoms with Gasteiger partial charge in [0.1, 0.15) is 0 Å². The first-order valence-corrected chi connectivity index (χ1v) is 8.40. The van der Waals surface area contributed by atoms with Crippen molar-refractivity contribution in [3.8, 4) is 11.4 Å². The van der Waals surface area contributed by atoms with E-state index in [-0.39, 0.29) is 5.75 Å². The highest BCUT2D eigenvalue weighted by Crippen LogP contribution is 2.41. The average Bonchev–Trinajstić information content (AvgIpc) is 3.19. The summed E-state index contributed by atoms with van der Waals surface area (Å²) in [7, 11) is 0. The van der Waals surface area contributed by atoms with Gasteiger partial charge < -0.3 is 5.11 Å². The van der Waals surface area contributed by atoms with Crippen molar-refractivity contribution in [2.24, 2.45) is 0 Å². The summed E-state index contributed by atoms with van der Waals surface area (Å²) in [5.41, 5.74) is 2.15. The molecule has 21 heavy (non-hydrogen) atoms. The van der Waals surface area contributed by atoms with Crippen LogP contribution in [0, 0.1) is 6.92 Å². The molecule has 3 rings (SSSR count). The van der Waals surface area contributed by atoms with Gasteiger partial charge in [-0.1, -0.05) is 33.8 Å². The van der Waals surface area contributed by atoms with Crippen LogP contribution < -0.4 is 0 Å². The van der Waals surface area contributed by atoms with Crippen molar-refractivity contribution in [2.45, 2.75) is 31.0 Å². The normalized spacial score (nSPS) is 14.4. The van der Waals surface area contributed by atoms with Crippen molar-refractivity contribution in [1.82, 2.24) is 14.8 Å². The van der Waals surface area contributed by atoms with E-state index < -0.39 is 5.97 Å². The molecule has 5 nitrogen and oxygen atoms in total. The summed E-state index contributed by atoms with van der Waals surface area (Å²) >= 11 is 4.72. The van der Waals surface area contributed by atoms with Crippen LogP contribution >= 0.6 is 27.7 Å². The highest BCUT2D eigenvalue weighted by atomic mass is 79.9. The summed E-state index contributed by atoms with van der Waals surface area (Å²) in [4.78, 5) is 10.7. The number of carbonyl (C=O) groups is 1. The Morgan fingerprint density at radius 2 is 2.24 bits per heavy atom. The molecule has 1 aromatic heterocycles. The van der Waals surface area contributed by atoms with Crippen LogP contribution in [0.2, 0.25) is 0 Å². The second-order valence-electron chi connectivity index (χ2n) is 5.05. The molecule has 1 heterocycles. The maximum absolute atomic E-state index is 10.7. The molecule has 0 spiro atoms. The largest absolute Gasteiger partial charge is 0.481 e. The summed E-state index contributed by atoms with van der Waals surface area (Å²) in [5, 5.41) is 18.0. The Morgan fingerprint density at radius 1 is 1.48 bits per heavy atom. The number of carboxylic acid groups (broad SMARTS) is 1. The standard InChI is InChI=1S/C14H14BrN3O2S/c1-8-6-9(2-5-11(8)15)13-16-17-14(21-7-12(19)20)18(13)10-3-4-10/h2,5-6,10H,3-4,7H2,1H3,(H,19,20). The summed E-state index contributed by atoms with van der Waals surface area (Å²) in [6.45, 7) is 2.03. The predicted octanol–water partition coefficient (Wildman–Crippen LogP) is 3.53. The highest BCUT2D eigenvalue weighted by Gasteiger charge is 2.30. The molecular weight excluding hydrogens is 354 g/mol. The van der Waals surface area contributed by atoms with Crippen LogP contribution in [-0.4, -0.2) is 31.6 Å². The van der Waals surface area contributed by atoms with Crippen LogP contribution in [0.4, 0.5) is 0 Å². The van der Waals surface area contributed by atoms with Crippen LogP contribution in [0.1, 0.15) is 24.4 Å². The minimum absolute atomic E-state index is 0.00419. The lowest BCUT2D eigenvalue weighted by Crippen LogP contribution is -2.03. The molecule has 0 bridgehead atoms. The third kappa shape index (κ3) is 3.13. The third-order valence-corrected chi connectivity index (χ3v) is 5.14. The van der Waals surface area contributed by atoms with Crippen LogP contribution in [0.25, 0.3) is 11.4 Å². The van der Waals surface area contributed by atoms with Crippen molar-refractivity contribution in [3.05, 3.63) is 28.2 Å². The Kier molecular flexibility index (Phi) is 4.03. The molecule has 110 valence electrons. The Balaban J connectivity index is 1.98. The number of aromatic nitrogens is 3. The number of benzene rings is 1. The van der Waals surface area contributed by atoms with E-state index in [4.69, 9.17) is 5.11 Å². The fraction of sp³-hybridized carbons (Fsp3) is 0.357. The average molecular weight is 368 g/mol. The lowest BCUT2D eigenvalue weighted by Gasteiger charge is -2.09. The minimum atomic E-state index is -0.841. The first-order valence-electron chi connectivity index (χ1n) is 6.62. The maximum Gasteiger partial charge on any atom is 0.313 e. The molecule has 0 radical (unpaired) electrons. The number of aliphatic carboxylic acids is 1.